The maximum absolute atomic E-state index is 12.8. The van der Waals surface area contributed by atoms with Crippen LogP contribution >= 0.6 is 11.8 Å². The van der Waals surface area contributed by atoms with Crippen molar-refractivity contribution in [2.24, 2.45) is 5.41 Å². The van der Waals surface area contributed by atoms with Crippen molar-refractivity contribution in [2.75, 3.05) is 16.0 Å². The molecule has 0 saturated carbocycles. The SMILES string of the molecule is CC(C)(C)C(=O)Nc1ccc([C@@H]2SCC(=O)N2c2ccc(C(F)(F)F)cc2)cc1. The van der Waals surface area contributed by atoms with Crippen LogP contribution in [-0.4, -0.2) is 17.6 Å². The highest BCUT2D eigenvalue weighted by atomic mass is 32.2. The summed E-state index contributed by atoms with van der Waals surface area (Å²) in [5.41, 5.74) is 0.615. The van der Waals surface area contributed by atoms with Crippen LogP contribution in [-0.2, 0) is 15.8 Å². The zero-order valence-corrected chi connectivity index (χ0v) is 17.0. The van der Waals surface area contributed by atoms with E-state index in [9.17, 15) is 22.8 Å². The third kappa shape index (κ3) is 4.75. The van der Waals surface area contributed by atoms with Gasteiger partial charge in [-0.15, -0.1) is 11.8 Å². The third-order valence-corrected chi connectivity index (χ3v) is 5.69. The van der Waals surface area contributed by atoms with Crippen LogP contribution in [0.2, 0.25) is 0 Å². The number of halogens is 3. The summed E-state index contributed by atoms with van der Waals surface area (Å²) in [4.78, 5) is 26.0. The van der Waals surface area contributed by atoms with E-state index in [1.165, 1.54) is 28.8 Å². The summed E-state index contributed by atoms with van der Waals surface area (Å²) in [6.07, 6.45) is -4.42. The minimum atomic E-state index is -4.42. The Labute approximate surface area is 171 Å². The van der Waals surface area contributed by atoms with E-state index in [0.717, 1.165) is 17.7 Å². The number of nitrogens with one attached hydrogen (secondary N) is 1. The molecule has 0 aromatic heterocycles. The Balaban J connectivity index is 1.81. The zero-order valence-electron chi connectivity index (χ0n) is 16.2. The highest BCUT2D eigenvalue weighted by molar-refractivity contribution is 8.00. The number of thioether (sulfide) groups is 1. The lowest BCUT2D eigenvalue weighted by Gasteiger charge is -2.25. The Morgan fingerprint density at radius 1 is 1.03 bits per heavy atom. The van der Waals surface area contributed by atoms with Crippen LogP contribution in [0.3, 0.4) is 0 Å². The standard InChI is InChI=1S/C21H21F3N2O2S/c1-20(2,3)19(28)25-15-8-4-13(5-9-15)18-26(17(27)12-29-18)16-10-6-14(7-11-16)21(22,23)24/h4-11,18H,12H2,1-3H3,(H,25,28)/t18-/m0/s1. The molecule has 0 radical (unpaired) electrons. The van der Waals surface area contributed by atoms with E-state index in [-0.39, 0.29) is 22.9 Å². The van der Waals surface area contributed by atoms with Crippen molar-refractivity contribution in [2.45, 2.75) is 32.3 Å². The Hall–Kier alpha value is -2.48. The predicted octanol–water partition coefficient (Wildman–Crippen LogP) is 5.47. The number of anilines is 2. The quantitative estimate of drug-likeness (QED) is 0.714. The molecule has 2 amide bonds. The number of amides is 2. The second-order valence-electron chi connectivity index (χ2n) is 7.80. The van der Waals surface area contributed by atoms with Crippen LogP contribution in [0.25, 0.3) is 0 Å². The fraction of sp³-hybridized carbons (Fsp3) is 0.333. The van der Waals surface area contributed by atoms with Gasteiger partial charge >= 0.3 is 6.18 Å². The summed E-state index contributed by atoms with van der Waals surface area (Å²) in [6, 6.07) is 11.7. The average Bonchev–Trinajstić information content (AvgIpc) is 3.02. The van der Waals surface area contributed by atoms with Crippen molar-refractivity contribution in [1.29, 1.82) is 0 Å². The molecular weight excluding hydrogens is 401 g/mol. The van der Waals surface area contributed by atoms with Crippen LogP contribution in [0.4, 0.5) is 24.5 Å². The molecule has 2 aromatic carbocycles. The first-order valence-corrected chi connectivity index (χ1v) is 10.0. The topological polar surface area (TPSA) is 49.4 Å². The lowest BCUT2D eigenvalue weighted by Crippen LogP contribution is -2.28. The molecule has 1 aliphatic rings. The van der Waals surface area contributed by atoms with Crippen molar-refractivity contribution < 1.29 is 22.8 Å². The van der Waals surface area contributed by atoms with Gasteiger partial charge in [-0.3, -0.25) is 14.5 Å². The first kappa shape index (κ1) is 21.2. The Morgan fingerprint density at radius 3 is 2.14 bits per heavy atom. The van der Waals surface area contributed by atoms with Gasteiger partial charge in [0, 0.05) is 16.8 Å². The second-order valence-corrected chi connectivity index (χ2v) is 8.87. The molecule has 2 aromatic rings. The first-order chi connectivity index (χ1) is 13.5. The minimum absolute atomic E-state index is 0.109. The van der Waals surface area contributed by atoms with E-state index in [1.54, 1.807) is 12.1 Å². The number of carbonyl (C=O) groups is 2. The molecule has 4 nitrogen and oxygen atoms in total. The molecule has 29 heavy (non-hydrogen) atoms. The number of nitrogens with zero attached hydrogens (tertiary/aromatic N) is 1. The van der Waals surface area contributed by atoms with Crippen molar-refractivity contribution in [3.05, 3.63) is 59.7 Å². The number of carbonyl (C=O) groups excluding carboxylic acids is 2. The van der Waals surface area contributed by atoms with E-state index in [1.807, 2.05) is 32.9 Å². The molecule has 1 N–H and O–H groups in total. The van der Waals surface area contributed by atoms with Crippen molar-refractivity contribution >= 4 is 35.0 Å². The molecule has 1 aliphatic heterocycles. The molecule has 1 atom stereocenters. The van der Waals surface area contributed by atoms with Gasteiger partial charge in [-0.2, -0.15) is 13.2 Å². The number of hydrogen-bond acceptors (Lipinski definition) is 3. The van der Waals surface area contributed by atoms with Gasteiger partial charge in [-0.05, 0) is 42.0 Å². The molecule has 3 rings (SSSR count). The zero-order chi connectivity index (χ0) is 21.4. The van der Waals surface area contributed by atoms with Gasteiger partial charge < -0.3 is 5.32 Å². The molecule has 8 heteroatoms. The van der Waals surface area contributed by atoms with Gasteiger partial charge in [0.15, 0.2) is 0 Å². The fourth-order valence-corrected chi connectivity index (χ4v) is 3.99. The van der Waals surface area contributed by atoms with E-state index in [4.69, 9.17) is 0 Å². The monoisotopic (exact) mass is 422 g/mol. The summed E-state index contributed by atoms with van der Waals surface area (Å²) in [5, 5.41) is 2.50. The van der Waals surface area contributed by atoms with E-state index < -0.39 is 17.2 Å². The van der Waals surface area contributed by atoms with Crippen LogP contribution in [0.1, 0.15) is 37.3 Å². The maximum Gasteiger partial charge on any atom is 0.416 e. The molecule has 0 unspecified atom stereocenters. The molecular formula is C21H21F3N2O2S. The van der Waals surface area contributed by atoms with Gasteiger partial charge in [0.2, 0.25) is 11.8 Å². The highest BCUT2D eigenvalue weighted by Gasteiger charge is 2.35. The lowest BCUT2D eigenvalue weighted by atomic mass is 9.95. The molecule has 1 saturated heterocycles. The molecule has 154 valence electrons. The highest BCUT2D eigenvalue weighted by Crippen LogP contribution is 2.42. The van der Waals surface area contributed by atoms with Crippen molar-refractivity contribution in [3.8, 4) is 0 Å². The van der Waals surface area contributed by atoms with Crippen LogP contribution in [0.15, 0.2) is 48.5 Å². The Kier molecular flexibility index (Phi) is 5.67. The maximum atomic E-state index is 12.8. The lowest BCUT2D eigenvalue weighted by molar-refractivity contribution is -0.137. The number of hydrogen-bond donors (Lipinski definition) is 1. The summed E-state index contributed by atoms with van der Waals surface area (Å²) < 4.78 is 38.4. The van der Waals surface area contributed by atoms with Gasteiger partial charge in [0.05, 0.1) is 11.3 Å². The largest absolute Gasteiger partial charge is 0.416 e. The van der Waals surface area contributed by atoms with E-state index in [0.29, 0.717) is 11.4 Å². The van der Waals surface area contributed by atoms with Gasteiger partial charge in [0.25, 0.3) is 0 Å². The molecule has 0 spiro atoms. The molecule has 0 aliphatic carbocycles. The van der Waals surface area contributed by atoms with Crippen molar-refractivity contribution in [3.63, 3.8) is 0 Å². The second kappa shape index (κ2) is 7.74. The third-order valence-electron chi connectivity index (χ3n) is 4.48. The minimum Gasteiger partial charge on any atom is -0.326 e. The Bertz CT molecular complexity index is 904. The normalized spacial score (nSPS) is 17.5. The van der Waals surface area contributed by atoms with E-state index in [2.05, 4.69) is 5.32 Å². The summed E-state index contributed by atoms with van der Waals surface area (Å²) in [5.74, 6) is -0.0271. The summed E-state index contributed by atoms with van der Waals surface area (Å²) >= 11 is 1.41. The smallest absolute Gasteiger partial charge is 0.326 e. The molecule has 0 bridgehead atoms. The van der Waals surface area contributed by atoms with Crippen LogP contribution in [0.5, 0.6) is 0 Å². The first-order valence-electron chi connectivity index (χ1n) is 8.99. The Morgan fingerprint density at radius 2 is 1.62 bits per heavy atom. The molecule has 1 heterocycles. The van der Waals surface area contributed by atoms with Gasteiger partial charge in [-0.1, -0.05) is 32.9 Å². The van der Waals surface area contributed by atoms with Crippen LogP contribution < -0.4 is 10.2 Å². The summed E-state index contributed by atoms with van der Waals surface area (Å²) in [7, 11) is 0. The number of alkyl halides is 3. The average molecular weight is 422 g/mol. The van der Waals surface area contributed by atoms with Crippen molar-refractivity contribution in [1.82, 2.24) is 0 Å². The summed E-state index contributed by atoms with van der Waals surface area (Å²) in [6.45, 7) is 5.46. The molecule has 1 fully saturated rings. The van der Waals surface area contributed by atoms with Crippen LogP contribution in [0, 0.1) is 5.41 Å². The fourth-order valence-electron chi connectivity index (χ4n) is 2.81. The number of rotatable bonds is 3. The predicted molar refractivity (Wildman–Crippen MR) is 109 cm³/mol. The number of benzene rings is 2. The van der Waals surface area contributed by atoms with Gasteiger partial charge in [0.1, 0.15) is 5.37 Å². The van der Waals surface area contributed by atoms with Gasteiger partial charge in [-0.25, -0.2) is 0 Å². The van der Waals surface area contributed by atoms with E-state index >= 15 is 0 Å².